The summed E-state index contributed by atoms with van der Waals surface area (Å²) in [4.78, 5) is 12.4. The van der Waals surface area contributed by atoms with Crippen LogP contribution in [0.5, 0.6) is 0 Å². The van der Waals surface area contributed by atoms with Crippen LogP contribution in [0.1, 0.15) is 19.4 Å². The van der Waals surface area contributed by atoms with Crippen molar-refractivity contribution in [2.24, 2.45) is 0 Å². The van der Waals surface area contributed by atoms with Crippen molar-refractivity contribution in [3.63, 3.8) is 0 Å². The lowest BCUT2D eigenvalue weighted by Gasteiger charge is -2.18. The van der Waals surface area contributed by atoms with E-state index in [0.717, 1.165) is 11.3 Å². The number of rotatable bonds is 9. The van der Waals surface area contributed by atoms with Crippen LogP contribution in [0, 0.1) is 6.92 Å². The highest BCUT2D eigenvalue weighted by molar-refractivity contribution is 7.54. The van der Waals surface area contributed by atoms with Gasteiger partial charge in [0.05, 0.1) is 24.6 Å². The standard InChI is InChI=1S/C19H24ClN2O4P/c1-4-25-27(24,26-5-2)13-19(23)22-18-11-7-6-10-17(18)21-16-12-8-9-15(20)14(16)3/h6-12,21H,4-5,13H2,1-3H3,(H,22,23). The highest BCUT2D eigenvalue weighted by Crippen LogP contribution is 2.47. The molecule has 0 heterocycles. The molecular weight excluding hydrogens is 387 g/mol. The summed E-state index contributed by atoms with van der Waals surface area (Å²) < 4.78 is 22.9. The molecule has 146 valence electrons. The van der Waals surface area contributed by atoms with Gasteiger partial charge in [0.2, 0.25) is 5.91 Å². The van der Waals surface area contributed by atoms with Gasteiger partial charge in [0.25, 0.3) is 0 Å². The molecule has 1 amide bonds. The summed E-state index contributed by atoms with van der Waals surface area (Å²) in [5.41, 5.74) is 2.98. The van der Waals surface area contributed by atoms with Crippen LogP contribution in [-0.4, -0.2) is 25.3 Å². The second kappa shape index (κ2) is 9.90. The summed E-state index contributed by atoms with van der Waals surface area (Å²) in [6, 6.07) is 12.8. The Morgan fingerprint density at radius 3 is 2.22 bits per heavy atom. The monoisotopic (exact) mass is 410 g/mol. The van der Waals surface area contributed by atoms with E-state index >= 15 is 0 Å². The molecule has 0 saturated heterocycles. The van der Waals surface area contributed by atoms with E-state index in [-0.39, 0.29) is 19.4 Å². The van der Waals surface area contributed by atoms with Crippen LogP contribution in [-0.2, 0) is 18.4 Å². The molecular formula is C19H24ClN2O4P. The molecule has 0 bridgehead atoms. The van der Waals surface area contributed by atoms with Gasteiger partial charge >= 0.3 is 7.60 Å². The predicted octanol–water partition coefficient (Wildman–Crippen LogP) is 5.60. The zero-order valence-corrected chi connectivity index (χ0v) is 17.3. The number of nitrogens with one attached hydrogen (secondary N) is 2. The molecule has 2 N–H and O–H groups in total. The van der Waals surface area contributed by atoms with Gasteiger partial charge in [-0.1, -0.05) is 29.8 Å². The number of benzene rings is 2. The van der Waals surface area contributed by atoms with Crippen LogP contribution in [0.3, 0.4) is 0 Å². The van der Waals surface area contributed by atoms with Crippen LogP contribution in [0.2, 0.25) is 5.02 Å². The first kappa shape index (κ1) is 21.5. The van der Waals surface area contributed by atoms with E-state index in [1.807, 2.05) is 37.3 Å². The molecule has 0 atom stereocenters. The summed E-state index contributed by atoms with van der Waals surface area (Å²) in [5, 5.41) is 6.69. The van der Waals surface area contributed by atoms with Gasteiger partial charge in [0.1, 0.15) is 6.16 Å². The summed E-state index contributed by atoms with van der Waals surface area (Å²) in [7, 11) is -3.46. The molecule has 0 fully saturated rings. The Hall–Kier alpha value is -1.85. The van der Waals surface area contributed by atoms with Crippen molar-refractivity contribution in [2.45, 2.75) is 20.8 Å². The molecule has 6 nitrogen and oxygen atoms in total. The first-order valence-electron chi connectivity index (χ1n) is 8.67. The van der Waals surface area contributed by atoms with Crippen LogP contribution >= 0.6 is 19.2 Å². The largest absolute Gasteiger partial charge is 0.354 e. The lowest BCUT2D eigenvalue weighted by atomic mass is 10.2. The number of amides is 1. The van der Waals surface area contributed by atoms with E-state index < -0.39 is 13.5 Å². The van der Waals surface area contributed by atoms with Gasteiger partial charge in [-0.15, -0.1) is 0 Å². The fourth-order valence-electron chi connectivity index (χ4n) is 2.48. The molecule has 0 aliphatic rings. The average Bonchev–Trinajstić information content (AvgIpc) is 2.60. The van der Waals surface area contributed by atoms with Gasteiger partial charge in [-0.05, 0) is 50.6 Å². The van der Waals surface area contributed by atoms with Crippen molar-refractivity contribution in [3.8, 4) is 0 Å². The fourth-order valence-corrected chi connectivity index (χ4v) is 4.13. The average molecular weight is 411 g/mol. The summed E-state index contributed by atoms with van der Waals surface area (Å²) in [6.07, 6.45) is -0.348. The number of hydrogen-bond donors (Lipinski definition) is 2. The topological polar surface area (TPSA) is 76.7 Å². The SMILES string of the molecule is CCOP(=O)(CC(=O)Nc1ccccc1Nc1cccc(Cl)c1C)OCC. The maximum absolute atomic E-state index is 12.5. The Morgan fingerprint density at radius 2 is 1.59 bits per heavy atom. The Bertz CT molecular complexity index is 834. The van der Waals surface area contributed by atoms with Crippen molar-refractivity contribution in [1.29, 1.82) is 0 Å². The maximum atomic E-state index is 12.5. The molecule has 0 radical (unpaired) electrons. The number of para-hydroxylation sites is 2. The normalized spacial score (nSPS) is 11.3. The van der Waals surface area contributed by atoms with Gasteiger partial charge in [-0.2, -0.15) is 0 Å². The van der Waals surface area contributed by atoms with E-state index in [9.17, 15) is 9.36 Å². The molecule has 2 aromatic rings. The Labute approximate surface area is 164 Å². The molecule has 0 aliphatic carbocycles. The summed E-state index contributed by atoms with van der Waals surface area (Å²) >= 11 is 6.17. The first-order valence-corrected chi connectivity index (χ1v) is 10.8. The molecule has 2 rings (SSSR count). The molecule has 0 saturated carbocycles. The summed E-state index contributed by atoms with van der Waals surface area (Å²) in [6.45, 7) is 5.73. The molecule has 0 unspecified atom stereocenters. The Balaban J connectivity index is 2.16. The van der Waals surface area contributed by atoms with Crippen LogP contribution in [0.25, 0.3) is 0 Å². The van der Waals surface area contributed by atoms with Crippen LogP contribution in [0.15, 0.2) is 42.5 Å². The van der Waals surface area contributed by atoms with E-state index in [4.69, 9.17) is 20.6 Å². The smallest absolute Gasteiger partial charge is 0.340 e. The minimum absolute atomic E-state index is 0.205. The number of carbonyl (C=O) groups is 1. The van der Waals surface area contributed by atoms with Crippen molar-refractivity contribution < 1.29 is 18.4 Å². The number of hydrogen-bond acceptors (Lipinski definition) is 5. The van der Waals surface area contributed by atoms with Gasteiger partial charge in [-0.3, -0.25) is 9.36 Å². The van der Waals surface area contributed by atoms with Crippen molar-refractivity contribution in [2.75, 3.05) is 30.0 Å². The third-order valence-corrected chi connectivity index (χ3v) is 6.11. The second-order valence-electron chi connectivity index (χ2n) is 5.74. The molecule has 0 spiro atoms. The van der Waals surface area contributed by atoms with E-state index in [1.54, 1.807) is 26.0 Å². The molecule has 0 aromatic heterocycles. The Kier molecular flexibility index (Phi) is 7.87. The molecule has 27 heavy (non-hydrogen) atoms. The highest BCUT2D eigenvalue weighted by Gasteiger charge is 2.27. The number of halogens is 1. The van der Waals surface area contributed by atoms with Gasteiger partial charge in [-0.25, -0.2) is 0 Å². The van der Waals surface area contributed by atoms with Crippen molar-refractivity contribution in [3.05, 3.63) is 53.1 Å². The lowest BCUT2D eigenvalue weighted by Crippen LogP contribution is -2.19. The third kappa shape index (κ3) is 6.08. The number of carbonyl (C=O) groups excluding carboxylic acids is 1. The second-order valence-corrected chi connectivity index (χ2v) is 8.20. The van der Waals surface area contributed by atoms with Gasteiger partial charge in [0.15, 0.2) is 0 Å². The lowest BCUT2D eigenvalue weighted by molar-refractivity contribution is -0.114. The molecule has 0 aliphatic heterocycles. The minimum Gasteiger partial charge on any atom is -0.354 e. The van der Waals surface area contributed by atoms with Gasteiger partial charge < -0.3 is 19.7 Å². The van der Waals surface area contributed by atoms with Crippen LogP contribution in [0.4, 0.5) is 17.1 Å². The van der Waals surface area contributed by atoms with E-state index in [2.05, 4.69) is 10.6 Å². The van der Waals surface area contributed by atoms with Crippen molar-refractivity contribution >= 4 is 42.2 Å². The van der Waals surface area contributed by atoms with Crippen molar-refractivity contribution in [1.82, 2.24) is 0 Å². The maximum Gasteiger partial charge on any atom is 0.340 e. The molecule has 8 heteroatoms. The van der Waals surface area contributed by atoms with E-state index in [0.29, 0.717) is 16.4 Å². The zero-order valence-electron chi connectivity index (χ0n) is 15.6. The molecule has 2 aromatic carbocycles. The number of anilines is 3. The summed E-state index contributed by atoms with van der Waals surface area (Å²) in [5.74, 6) is -0.447. The Morgan fingerprint density at radius 1 is 1.00 bits per heavy atom. The third-order valence-electron chi connectivity index (χ3n) is 3.73. The zero-order chi connectivity index (χ0) is 19.9. The van der Waals surface area contributed by atoms with E-state index in [1.165, 1.54) is 0 Å². The predicted molar refractivity (Wildman–Crippen MR) is 110 cm³/mol. The quantitative estimate of drug-likeness (QED) is 0.526. The van der Waals surface area contributed by atoms with Crippen LogP contribution < -0.4 is 10.6 Å². The minimum atomic E-state index is -3.46. The first-order chi connectivity index (χ1) is 12.9. The fraction of sp³-hybridized carbons (Fsp3) is 0.316. The highest BCUT2D eigenvalue weighted by atomic mass is 35.5. The van der Waals surface area contributed by atoms with Gasteiger partial charge in [0, 0.05) is 10.7 Å².